The van der Waals surface area contributed by atoms with Crippen LogP contribution in [0.5, 0.6) is 0 Å². The molecule has 4 nitrogen and oxygen atoms in total. The van der Waals surface area contributed by atoms with Crippen molar-refractivity contribution >= 4 is 11.7 Å². The minimum absolute atomic E-state index is 0.258. The summed E-state index contributed by atoms with van der Waals surface area (Å²) in [4.78, 5) is 15.2. The van der Waals surface area contributed by atoms with E-state index in [2.05, 4.69) is 17.2 Å². The fourth-order valence-corrected chi connectivity index (χ4v) is 2.81. The van der Waals surface area contributed by atoms with Crippen LogP contribution in [-0.2, 0) is 0 Å². The van der Waals surface area contributed by atoms with Crippen LogP contribution in [-0.4, -0.2) is 22.6 Å². The molecule has 1 heterocycles. The minimum Gasteiger partial charge on any atom is -0.478 e. The molecule has 1 aromatic rings. The summed E-state index contributed by atoms with van der Waals surface area (Å²) >= 11 is 0. The van der Waals surface area contributed by atoms with Gasteiger partial charge in [-0.2, -0.15) is 0 Å². The Kier molecular flexibility index (Phi) is 4.40. The highest BCUT2D eigenvalue weighted by atomic mass is 16.4. The molecule has 104 valence electrons. The smallest absolute Gasteiger partial charge is 0.339 e. The van der Waals surface area contributed by atoms with Crippen molar-refractivity contribution in [3.05, 3.63) is 23.5 Å². The lowest BCUT2D eigenvalue weighted by atomic mass is 9.80. The molecule has 2 atom stereocenters. The molecule has 2 rings (SSSR count). The zero-order valence-electron chi connectivity index (χ0n) is 11.6. The quantitative estimate of drug-likeness (QED) is 0.873. The predicted octanol–water partition coefficient (Wildman–Crippen LogP) is 3.33. The van der Waals surface area contributed by atoms with Gasteiger partial charge < -0.3 is 10.4 Å². The highest BCUT2D eigenvalue weighted by molar-refractivity contribution is 5.93. The average molecular weight is 262 g/mol. The summed E-state index contributed by atoms with van der Waals surface area (Å²) in [7, 11) is 0. The third-order valence-electron chi connectivity index (χ3n) is 4.11. The lowest BCUT2D eigenvalue weighted by Crippen LogP contribution is -2.25. The molecule has 1 fully saturated rings. The number of hydrogen-bond donors (Lipinski definition) is 2. The van der Waals surface area contributed by atoms with E-state index in [-0.39, 0.29) is 5.56 Å². The van der Waals surface area contributed by atoms with E-state index in [9.17, 15) is 4.79 Å². The molecule has 1 saturated carbocycles. The molecule has 1 aliphatic carbocycles. The third-order valence-corrected chi connectivity index (χ3v) is 4.11. The lowest BCUT2D eigenvalue weighted by Gasteiger charge is -2.29. The van der Waals surface area contributed by atoms with Gasteiger partial charge in [0, 0.05) is 18.4 Å². The number of carbonyl (C=O) groups is 1. The standard InChI is InChI=1S/C15H22N2O2/c1-10-5-3-4-6-12(10)8-17-14-7-11(2)16-9-13(14)15(18)19/h7,9-10,12H,3-6,8H2,1-2H3,(H,16,17)(H,18,19). The summed E-state index contributed by atoms with van der Waals surface area (Å²) in [6.45, 7) is 5.02. The number of nitrogens with zero attached hydrogens (tertiary/aromatic N) is 1. The van der Waals surface area contributed by atoms with Gasteiger partial charge in [0.05, 0.1) is 5.69 Å². The van der Waals surface area contributed by atoms with Crippen LogP contribution >= 0.6 is 0 Å². The van der Waals surface area contributed by atoms with Gasteiger partial charge in [-0.15, -0.1) is 0 Å². The van der Waals surface area contributed by atoms with E-state index in [4.69, 9.17) is 5.11 Å². The molecule has 0 aromatic carbocycles. The van der Waals surface area contributed by atoms with Crippen molar-refractivity contribution in [1.29, 1.82) is 0 Å². The van der Waals surface area contributed by atoms with E-state index >= 15 is 0 Å². The second-order valence-corrected chi connectivity index (χ2v) is 5.58. The lowest BCUT2D eigenvalue weighted by molar-refractivity contribution is 0.0697. The Hall–Kier alpha value is -1.58. The Bertz CT molecular complexity index is 459. The van der Waals surface area contributed by atoms with E-state index in [0.717, 1.165) is 18.2 Å². The number of carboxylic acid groups (broad SMARTS) is 1. The highest BCUT2D eigenvalue weighted by Crippen LogP contribution is 2.30. The van der Waals surface area contributed by atoms with Crippen molar-refractivity contribution in [2.45, 2.75) is 39.5 Å². The van der Waals surface area contributed by atoms with Crippen molar-refractivity contribution in [2.24, 2.45) is 11.8 Å². The summed E-state index contributed by atoms with van der Waals surface area (Å²) in [5.41, 5.74) is 1.79. The van der Waals surface area contributed by atoms with Crippen molar-refractivity contribution in [3.63, 3.8) is 0 Å². The maximum Gasteiger partial charge on any atom is 0.339 e. The number of aromatic carboxylic acids is 1. The molecular weight excluding hydrogens is 240 g/mol. The zero-order chi connectivity index (χ0) is 13.8. The predicted molar refractivity (Wildman–Crippen MR) is 75.5 cm³/mol. The zero-order valence-corrected chi connectivity index (χ0v) is 11.6. The maximum atomic E-state index is 11.2. The van der Waals surface area contributed by atoms with Gasteiger partial charge in [-0.25, -0.2) is 4.79 Å². The van der Waals surface area contributed by atoms with Crippen molar-refractivity contribution < 1.29 is 9.90 Å². The van der Waals surface area contributed by atoms with Crippen LogP contribution in [0, 0.1) is 18.8 Å². The molecule has 19 heavy (non-hydrogen) atoms. The summed E-state index contributed by atoms with van der Waals surface area (Å²) in [5, 5.41) is 12.5. The number of aryl methyl sites for hydroxylation is 1. The molecule has 0 saturated heterocycles. The van der Waals surface area contributed by atoms with E-state index in [1.807, 2.05) is 13.0 Å². The molecule has 0 radical (unpaired) electrons. The van der Waals surface area contributed by atoms with E-state index in [1.54, 1.807) is 0 Å². The Balaban J connectivity index is 2.05. The van der Waals surface area contributed by atoms with Crippen LogP contribution < -0.4 is 5.32 Å². The summed E-state index contributed by atoms with van der Waals surface area (Å²) in [5.74, 6) is 0.438. The maximum absolute atomic E-state index is 11.2. The Labute approximate surface area is 114 Å². The molecule has 0 bridgehead atoms. The van der Waals surface area contributed by atoms with Gasteiger partial charge in [0.2, 0.25) is 0 Å². The van der Waals surface area contributed by atoms with Gasteiger partial charge in [0.15, 0.2) is 0 Å². The van der Waals surface area contributed by atoms with Crippen LogP contribution in [0.4, 0.5) is 5.69 Å². The molecule has 0 spiro atoms. The largest absolute Gasteiger partial charge is 0.478 e. The number of anilines is 1. The SMILES string of the molecule is Cc1cc(NCC2CCCCC2C)c(C(=O)O)cn1. The second kappa shape index (κ2) is 6.04. The number of hydrogen-bond acceptors (Lipinski definition) is 3. The van der Waals surface area contributed by atoms with E-state index < -0.39 is 5.97 Å². The number of carboxylic acids is 1. The first-order valence-electron chi connectivity index (χ1n) is 7.01. The molecule has 2 N–H and O–H groups in total. The van der Waals surface area contributed by atoms with Gasteiger partial charge in [0.25, 0.3) is 0 Å². The van der Waals surface area contributed by atoms with Crippen molar-refractivity contribution in [2.75, 3.05) is 11.9 Å². The van der Waals surface area contributed by atoms with Crippen LogP contribution in [0.2, 0.25) is 0 Å². The summed E-state index contributed by atoms with van der Waals surface area (Å²) in [6.07, 6.45) is 6.57. The fraction of sp³-hybridized carbons (Fsp3) is 0.600. The van der Waals surface area contributed by atoms with E-state index in [1.165, 1.54) is 31.9 Å². The molecule has 0 aliphatic heterocycles. The first kappa shape index (κ1) is 13.8. The van der Waals surface area contributed by atoms with E-state index in [0.29, 0.717) is 11.6 Å². The molecule has 4 heteroatoms. The van der Waals surface area contributed by atoms with Gasteiger partial charge in [-0.1, -0.05) is 26.2 Å². The van der Waals surface area contributed by atoms with Gasteiger partial charge in [0.1, 0.15) is 5.56 Å². The number of rotatable bonds is 4. The van der Waals surface area contributed by atoms with Crippen LogP contribution in [0.1, 0.15) is 48.7 Å². The van der Waals surface area contributed by atoms with Gasteiger partial charge in [-0.05, 0) is 31.2 Å². The summed E-state index contributed by atoms with van der Waals surface area (Å²) in [6, 6.07) is 1.82. The first-order valence-corrected chi connectivity index (χ1v) is 7.01. The monoisotopic (exact) mass is 262 g/mol. The molecule has 0 amide bonds. The average Bonchev–Trinajstić information content (AvgIpc) is 2.37. The molecule has 2 unspecified atom stereocenters. The minimum atomic E-state index is -0.924. The Morgan fingerprint density at radius 2 is 2.21 bits per heavy atom. The van der Waals surface area contributed by atoms with Crippen LogP contribution in [0.3, 0.4) is 0 Å². The number of pyridine rings is 1. The van der Waals surface area contributed by atoms with Crippen LogP contribution in [0.25, 0.3) is 0 Å². The summed E-state index contributed by atoms with van der Waals surface area (Å²) < 4.78 is 0. The fourth-order valence-electron chi connectivity index (χ4n) is 2.81. The topological polar surface area (TPSA) is 62.2 Å². The molecular formula is C15H22N2O2. The Morgan fingerprint density at radius 1 is 1.47 bits per heavy atom. The first-order chi connectivity index (χ1) is 9.08. The highest BCUT2D eigenvalue weighted by Gasteiger charge is 2.21. The number of nitrogens with one attached hydrogen (secondary N) is 1. The van der Waals surface area contributed by atoms with Crippen molar-refractivity contribution in [3.8, 4) is 0 Å². The van der Waals surface area contributed by atoms with Crippen molar-refractivity contribution in [1.82, 2.24) is 4.98 Å². The second-order valence-electron chi connectivity index (χ2n) is 5.58. The Morgan fingerprint density at radius 3 is 2.89 bits per heavy atom. The molecule has 1 aliphatic rings. The van der Waals surface area contributed by atoms with Gasteiger partial charge >= 0.3 is 5.97 Å². The number of aromatic nitrogens is 1. The van der Waals surface area contributed by atoms with Gasteiger partial charge in [-0.3, -0.25) is 4.98 Å². The molecule has 1 aromatic heterocycles. The third kappa shape index (κ3) is 3.46. The normalized spacial score (nSPS) is 23.1. The van der Waals surface area contributed by atoms with Crippen LogP contribution in [0.15, 0.2) is 12.3 Å².